The minimum absolute atomic E-state index is 0.177. The molecule has 1 N–H and O–H groups in total. The lowest BCUT2D eigenvalue weighted by Crippen LogP contribution is -2.12. The van der Waals surface area contributed by atoms with Gasteiger partial charge in [0.2, 0.25) is 0 Å². The van der Waals surface area contributed by atoms with Crippen LogP contribution in [0.15, 0.2) is 18.2 Å². The van der Waals surface area contributed by atoms with Crippen LogP contribution in [0.5, 0.6) is 0 Å². The zero-order valence-corrected chi connectivity index (χ0v) is 11.3. The van der Waals surface area contributed by atoms with E-state index in [1.807, 2.05) is 0 Å². The van der Waals surface area contributed by atoms with Crippen LogP contribution in [-0.2, 0) is 0 Å². The number of nitrogens with zero attached hydrogens (tertiary/aromatic N) is 1. The van der Waals surface area contributed by atoms with Gasteiger partial charge in [-0.1, -0.05) is 11.3 Å². The molecule has 2 bridgehead atoms. The predicted octanol–water partition coefficient (Wildman–Crippen LogP) is 3.89. The van der Waals surface area contributed by atoms with E-state index in [1.54, 1.807) is 23.5 Å². The molecule has 19 heavy (non-hydrogen) atoms. The lowest BCUT2D eigenvalue weighted by atomic mass is 10.0. The molecule has 0 amide bonds. The molecule has 1 aromatic carbocycles. The molecule has 98 valence electrons. The Morgan fingerprint density at radius 2 is 2.00 bits per heavy atom. The van der Waals surface area contributed by atoms with Crippen LogP contribution >= 0.6 is 11.3 Å². The van der Waals surface area contributed by atoms with E-state index in [4.69, 9.17) is 0 Å². The largest absolute Gasteiger partial charge is 0.358 e. The number of nitrogens with one attached hydrogen (secondary N) is 1. The molecule has 3 saturated carbocycles. The van der Waals surface area contributed by atoms with Gasteiger partial charge in [-0.2, -0.15) is 0 Å². The third-order valence-electron chi connectivity index (χ3n) is 5.38. The van der Waals surface area contributed by atoms with Gasteiger partial charge in [-0.3, -0.25) is 0 Å². The van der Waals surface area contributed by atoms with Gasteiger partial charge in [0, 0.05) is 6.04 Å². The van der Waals surface area contributed by atoms with Gasteiger partial charge >= 0.3 is 0 Å². The van der Waals surface area contributed by atoms with Crippen molar-refractivity contribution in [2.45, 2.75) is 25.3 Å². The third-order valence-corrected chi connectivity index (χ3v) is 6.33. The minimum Gasteiger partial charge on any atom is -0.358 e. The fourth-order valence-electron chi connectivity index (χ4n) is 4.62. The van der Waals surface area contributed by atoms with Crippen molar-refractivity contribution in [3.63, 3.8) is 0 Å². The van der Waals surface area contributed by atoms with E-state index in [0.29, 0.717) is 6.04 Å². The van der Waals surface area contributed by atoms with Crippen LogP contribution in [0.3, 0.4) is 0 Å². The maximum Gasteiger partial charge on any atom is 0.184 e. The fourth-order valence-corrected chi connectivity index (χ4v) is 5.56. The van der Waals surface area contributed by atoms with Gasteiger partial charge in [-0.05, 0) is 61.1 Å². The van der Waals surface area contributed by atoms with Crippen molar-refractivity contribution >= 4 is 26.7 Å². The van der Waals surface area contributed by atoms with E-state index in [-0.39, 0.29) is 5.82 Å². The summed E-state index contributed by atoms with van der Waals surface area (Å²) in [4.78, 5) is 4.57. The van der Waals surface area contributed by atoms with Crippen molar-refractivity contribution in [2.24, 2.45) is 23.7 Å². The first-order valence-electron chi connectivity index (χ1n) is 7.12. The smallest absolute Gasteiger partial charge is 0.184 e. The average Bonchev–Trinajstić information content (AvgIpc) is 2.79. The molecule has 2 nitrogen and oxygen atoms in total. The standard InChI is InChI=1S/C15H15FN2S/c16-9-3-4-10-11(6-9)19-15(17-10)18-14-12-7-1-2-8(5-7)13(12)14/h3-4,6-8,12-14H,1-2,5H2,(H,17,18). The average molecular weight is 274 g/mol. The summed E-state index contributed by atoms with van der Waals surface area (Å²) in [6.45, 7) is 0. The van der Waals surface area contributed by atoms with Crippen LogP contribution in [0.4, 0.5) is 9.52 Å². The molecule has 5 rings (SSSR count). The van der Waals surface area contributed by atoms with Gasteiger partial charge in [0.05, 0.1) is 10.2 Å². The Morgan fingerprint density at radius 3 is 2.79 bits per heavy atom. The number of thiazole rings is 1. The van der Waals surface area contributed by atoms with E-state index in [0.717, 1.165) is 39.0 Å². The molecule has 4 heteroatoms. The summed E-state index contributed by atoms with van der Waals surface area (Å²) < 4.78 is 14.1. The van der Waals surface area contributed by atoms with Gasteiger partial charge < -0.3 is 5.32 Å². The first kappa shape index (κ1) is 10.6. The molecule has 3 aliphatic carbocycles. The Bertz CT molecular complexity index is 651. The second kappa shape index (κ2) is 3.48. The molecule has 3 fully saturated rings. The number of hydrogen-bond acceptors (Lipinski definition) is 3. The highest BCUT2D eigenvalue weighted by Crippen LogP contribution is 2.66. The molecule has 0 aliphatic heterocycles. The van der Waals surface area contributed by atoms with Crippen molar-refractivity contribution < 1.29 is 4.39 Å². The number of benzene rings is 1. The Labute approximate surface area is 115 Å². The molecule has 4 unspecified atom stereocenters. The fraction of sp³-hybridized carbons (Fsp3) is 0.533. The van der Waals surface area contributed by atoms with E-state index < -0.39 is 0 Å². The number of aromatic nitrogens is 1. The first-order valence-corrected chi connectivity index (χ1v) is 7.94. The van der Waals surface area contributed by atoms with E-state index in [9.17, 15) is 4.39 Å². The number of hydrogen-bond donors (Lipinski definition) is 1. The number of rotatable bonds is 2. The molecule has 0 radical (unpaired) electrons. The van der Waals surface area contributed by atoms with Crippen LogP contribution < -0.4 is 5.32 Å². The summed E-state index contributed by atoms with van der Waals surface area (Å²) in [5.41, 5.74) is 0.905. The van der Waals surface area contributed by atoms with Gasteiger partial charge in [0.15, 0.2) is 5.13 Å². The summed E-state index contributed by atoms with van der Waals surface area (Å²) in [5, 5.41) is 4.58. The van der Waals surface area contributed by atoms with Gasteiger partial charge in [-0.25, -0.2) is 9.37 Å². The highest BCUT2D eigenvalue weighted by Gasteiger charge is 2.65. The maximum absolute atomic E-state index is 13.2. The van der Waals surface area contributed by atoms with Crippen LogP contribution in [0.2, 0.25) is 0 Å². The van der Waals surface area contributed by atoms with Gasteiger partial charge in [-0.15, -0.1) is 0 Å². The van der Waals surface area contributed by atoms with E-state index in [1.165, 1.54) is 25.3 Å². The van der Waals surface area contributed by atoms with Crippen molar-refractivity contribution in [1.82, 2.24) is 4.98 Å². The minimum atomic E-state index is -0.177. The molecule has 4 atom stereocenters. The zero-order valence-electron chi connectivity index (χ0n) is 10.5. The van der Waals surface area contributed by atoms with Gasteiger partial charge in [0.1, 0.15) is 5.82 Å². The maximum atomic E-state index is 13.2. The van der Waals surface area contributed by atoms with Crippen molar-refractivity contribution in [3.05, 3.63) is 24.0 Å². The summed E-state index contributed by atoms with van der Waals surface area (Å²) in [6, 6.07) is 5.48. The molecule has 1 aromatic heterocycles. The second-order valence-corrected chi connectivity index (χ2v) is 7.32. The monoisotopic (exact) mass is 274 g/mol. The molecule has 0 saturated heterocycles. The molecule has 0 spiro atoms. The van der Waals surface area contributed by atoms with Crippen LogP contribution in [0, 0.1) is 29.5 Å². The first-order chi connectivity index (χ1) is 9.29. The Morgan fingerprint density at radius 1 is 1.21 bits per heavy atom. The number of anilines is 1. The van der Waals surface area contributed by atoms with Crippen LogP contribution in [-0.4, -0.2) is 11.0 Å². The topological polar surface area (TPSA) is 24.9 Å². The van der Waals surface area contributed by atoms with E-state index in [2.05, 4.69) is 10.3 Å². The van der Waals surface area contributed by atoms with Gasteiger partial charge in [0.25, 0.3) is 0 Å². The Balaban J connectivity index is 1.41. The molecule has 2 aromatic rings. The quantitative estimate of drug-likeness (QED) is 0.898. The molecular formula is C15H15FN2S. The van der Waals surface area contributed by atoms with Crippen LogP contribution in [0.1, 0.15) is 19.3 Å². The molecule has 1 heterocycles. The van der Waals surface area contributed by atoms with Crippen molar-refractivity contribution in [2.75, 3.05) is 5.32 Å². The Kier molecular flexibility index (Phi) is 1.94. The van der Waals surface area contributed by atoms with Crippen LogP contribution in [0.25, 0.3) is 10.2 Å². The number of fused-ring (bicyclic) bond motifs is 6. The Hall–Kier alpha value is -1.16. The lowest BCUT2D eigenvalue weighted by Gasteiger charge is -2.08. The highest BCUT2D eigenvalue weighted by atomic mass is 32.1. The SMILES string of the molecule is Fc1ccc2nc(NC3C4C5CCC(C5)C34)sc2c1. The summed E-state index contributed by atoms with van der Waals surface area (Å²) in [6.07, 6.45) is 4.35. The molecular weight excluding hydrogens is 259 g/mol. The second-order valence-electron chi connectivity index (χ2n) is 6.29. The summed E-state index contributed by atoms with van der Waals surface area (Å²) in [7, 11) is 0. The van der Waals surface area contributed by atoms with Crippen molar-refractivity contribution in [1.29, 1.82) is 0 Å². The lowest BCUT2D eigenvalue weighted by molar-refractivity contribution is 0.456. The van der Waals surface area contributed by atoms with Crippen molar-refractivity contribution in [3.8, 4) is 0 Å². The summed E-state index contributed by atoms with van der Waals surface area (Å²) >= 11 is 1.58. The van der Waals surface area contributed by atoms with E-state index >= 15 is 0 Å². The summed E-state index contributed by atoms with van der Waals surface area (Å²) in [5.74, 6) is 3.58. The zero-order chi connectivity index (χ0) is 12.6. The predicted molar refractivity (Wildman–Crippen MR) is 74.8 cm³/mol. The highest BCUT2D eigenvalue weighted by molar-refractivity contribution is 7.22. The number of halogens is 1. The normalized spacial score (nSPS) is 38.7. The third kappa shape index (κ3) is 1.43. The molecule has 3 aliphatic rings.